The molecule has 0 saturated heterocycles. The maximum Gasteiger partial charge on any atom is 0.227 e. The molecule has 2 rings (SSSR count). The summed E-state index contributed by atoms with van der Waals surface area (Å²) in [6.07, 6.45) is 1.56. The van der Waals surface area contributed by atoms with Crippen molar-refractivity contribution in [2.45, 2.75) is 19.3 Å². The van der Waals surface area contributed by atoms with Gasteiger partial charge in [0, 0.05) is 25.3 Å². The van der Waals surface area contributed by atoms with Gasteiger partial charge in [0.05, 0.1) is 0 Å². The Kier molecular flexibility index (Phi) is 3.19. The van der Waals surface area contributed by atoms with Crippen LogP contribution in [0.5, 0.6) is 0 Å². The number of benzene rings is 1. The zero-order valence-electron chi connectivity index (χ0n) is 8.95. The molecule has 1 aromatic rings. The van der Waals surface area contributed by atoms with Gasteiger partial charge >= 0.3 is 0 Å². The van der Waals surface area contributed by atoms with Crippen LogP contribution in [-0.4, -0.2) is 24.2 Å². The Morgan fingerprint density at radius 3 is 2.94 bits per heavy atom. The van der Waals surface area contributed by atoms with Crippen LogP contribution in [0.3, 0.4) is 0 Å². The molecule has 1 aliphatic heterocycles. The summed E-state index contributed by atoms with van der Waals surface area (Å²) in [5, 5.41) is 8.78. The molecule has 1 aliphatic rings. The highest BCUT2D eigenvalue weighted by Gasteiger charge is 2.23. The van der Waals surface area contributed by atoms with E-state index >= 15 is 0 Å². The standard InChI is InChI=1S/C12H14FNO2/c13-10-3-4-11-9(8-10)2-5-12(16)14(11)6-1-7-15/h3-4,8,15H,1-2,5-7H2. The van der Waals surface area contributed by atoms with Crippen LogP contribution < -0.4 is 4.90 Å². The molecule has 1 aromatic carbocycles. The molecule has 0 fully saturated rings. The first-order valence-corrected chi connectivity index (χ1v) is 5.42. The van der Waals surface area contributed by atoms with Crippen molar-refractivity contribution in [1.82, 2.24) is 0 Å². The SMILES string of the molecule is O=C1CCc2cc(F)ccc2N1CCCO. The van der Waals surface area contributed by atoms with Crippen LogP contribution in [0.1, 0.15) is 18.4 Å². The van der Waals surface area contributed by atoms with Crippen molar-refractivity contribution in [3.05, 3.63) is 29.6 Å². The van der Waals surface area contributed by atoms with E-state index in [9.17, 15) is 9.18 Å². The number of halogens is 1. The molecule has 4 heteroatoms. The van der Waals surface area contributed by atoms with Crippen LogP contribution in [-0.2, 0) is 11.2 Å². The van der Waals surface area contributed by atoms with E-state index in [1.54, 1.807) is 11.0 Å². The smallest absolute Gasteiger partial charge is 0.227 e. The van der Waals surface area contributed by atoms with Crippen LogP contribution in [0.4, 0.5) is 10.1 Å². The van der Waals surface area contributed by atoms with Crippen LogP contribution >= 0.6 is 0 Å². The monoisotopic (exact) mass is 223 g/mol. The summed E-state index contributed by atoms with van der Waals surface area (Å²) in [6.45, 7) is 0.550. The number of aliphatic hydroxyl groups is 1. The van der Waals surface area contributed by atoms with Gasteiger partial charge in [-0.3, -0.25) is 4.79 Å². The number of aryl methyl sites for hydroxylation is 1. The lowest BCUT2D eigenvalue weighted by atomic mass is 10.0. The third kappa shape index (κ3) is 2.07. The summed E-state index contributed by atoms with van der Waals surface area (Å²) in [5.74, 6) is -0.220. The minimum Gasteiger partial charge on any atom is -0.396 e. The zero-order valence-corrected chi connectivity index (χ0v) is 8.95. The van der Waals surface area contributed by atoms with Crippen LogP contribution in [0, 0.1) is 5.82 Å². The number of aliphatic hydroxyl groups excluding tert-OH is 1. The normalized spacial score (nSPS) is 15.1. The van der Waals surface area contributed by atoms with E-state index < -0.39 is 0 Å². The number of hydrogen-bond donors (Lipinski definition) is 1. The van der Waals surface area contributed by atoms with Gasteiger partial charge < -0.3 is 10.0 Å². The van der Waals surface area contributed by atoms with Gasteiger partial charge in [-0.2, -0.15) is 0 Å². The number of carbonyl (C=O) groups is 1. The molecule has 0 bridgehead atoms. The lowest BCUT2D eigenvalue weighted by molar-refractivity contribution is -0.118. The van der Waals surface area contributed by atoms with Crippen molar-refractivity contribution >= 4 is 11.6 Å². The molecule has 0 aliphatic carbocycles. The molecular formula is C12H14FNO2. The molecule has 16 heavy (non-hydrogen) atoms. The predicted octanol–water partition coefficient (Wildman–Crippen LogP) is 1.49. The molecule has 1 heterocycles. The minimum atomic E-state index is -0.268. The highest BCUT2D eigenvalue weighted by Crippen LogP contribution is 2.28. The second-order valence-corrected chi connectivity index (χ2v) is 3.90. The van der Waals surface area contributed by atoms with E-state index in [1.165, 1.54) is 12.1 Å². The van der Waals surface area contributed by atoms with Crippen molar-refractivity contribution in [2.24, 2.45) is 0 Å². The second-order valence-electron chi connectivity index (χ2n) is 3.90. The van der Waals surface area contributed by atoms with E-state index in [-0.39, 0.29) is 18.3 Å². The number of nitrogens with zero attached hydrogens (tertiary/aromatic N) is 1. The number of fused-ring (bicyclic) bond motifs is 1. The summed E-state index contributed by atoms with van der Waals surface area (Å²) in [6, 6.07) is 4.48. The Morgan fingerprint density at radius 2 is 2.19 bits per heavy atom. The predicted molar refractivity (Wildman–Crippen MR) is 58.8 cm³/mol. The molecule has 3 nitrogen and oxygen atoms in total. The molecule has 1 N–H and O–H groups in total. The van der Waals surface area contributed by atoms with Crippen LogP contribution in [0.25, 0.3) is 0 Å². The summed E-state index contributed by atoms with van der Waals surface area (Å²) in [4.78, 5) is 13.3. The maximum atomic E-state index is 13.0. The number of carbonyl (C=O) groups excluding carboxylic acids is 1. The molecule has 0 radical (unpaired) electrons. The fourth-order valence-electron chi connectivity index (χ4n) is 2.00. The Morgan fingerprint density at radius 1 is 1.38 bits per heavy atom. The van der Waals surface area contributed by atoms with Gasteiger partial charge in [-0.15, -0.1) is 0 Å². The molecule has 0 unspecified atom stereocenters. The van der Waals surface area contributed by atoms with Crippen molar-refractivity contribution in [3.63, 3.8) is 0 Å². The average Bonchev–Trinajstić information content (AvgIpc) is 2.28. The lowest BCUT2D eigenvalue weighted by Gasteiger charge is -2.29. The first-order valence-electron chi connectivity index (χ1n) is 5.42. The zero-order chi connectivity index (χ0) is 11.5. The summed E-state index contributed by atoms with van der Waals surface area (Å²) >= 11 is 0. The van der Waals surface area contributed by atoms with Gasteiger partial charge in [0.1, 0.15) is 5.82 Å². The van der Waals surface area contributed by atoms with E-state index in [2.05, 4.69) is 0 Å². The highest BCUT2D eigenvalue weighted by molar-refractivity contribution is 5.96. The maximum absolute atomic E-state index is 13.0. The summed E-state index contributed by atoms with van der Waals surface area (Å²) < 4.78 is 13.0. The second kappa shape index (κ2) is 4.61. The Hall–Kier alpha value is -1.42. The van der Waals surface area contributed by atoms with Gasteiger partial charge in [0.25, 0.3) is 0 Å². The van der Waals surface area contributed by atoms with Crippen molar-refractivity contribution in [3.8, 4) is 0 Å². The Labute approximate surface area is 93.5 Å². The summed E-state index contributed by atoms with van der Waals surface area (Å²) in [7, 11) is 0. The van der Waals surface area contributed by atoms with Crippen LogP contribution in [0.2, 0.25) is 0 Å². The summed E-state index contributed by atoms with van der Waals surface area (Å²) in [5.41, 5.74) is 1.66. The van der Waals surface area contributed by atoms with Gasteiger partial charge in [-0.1, -0.05) is 0 Å². The van der Waals surface area contributed by atoms with E-state index in [1.807, 2.05) is 0 Å². The van der Waals surface area contributed by atoms with Gasteiger partial charge in [-0.25, -0.2) is 4.39 Å². The molecule has 0 spiro atoms. The van der Waals surface area contributed by atoms with E-state index in [4.69, 9.17) is 5.11 Å². The number of rotatable bonds is 3. The largest absolute Gasteiger partial charge is 0.396 e. The molecule has 0 saturated carbocycles. The topological polar surface area (TPSA) is 40.5 Å². The Balaban J connectivity index is 2.29. The first kappa shape index (κ1) is 11.1. The third-order valence-corrected chi connectivity index (χ3v) is 2.78. The molecular weight excluding hydrogens is 209 g/mol. The fourth-order valence-corrected chi connectivity index (χ4v) is 2.00. The van der Waals surface area contributed by atoms with Gasteiger partial charge in [0.15, 0.2) is 0 Å². The highest BCUT2D eigenvalue weighted by atomic mass is 19.1. The fraction of sp³-hybridized carbons (Fsp3) is 0.417. The van der Waals surface area contributed by atoms with Gasteiger partial charge in [-0.05, 0) is 36.6 Å². The minimum absolute atomic E-state index is 0.0487. The van der Waals surface area contributed by atoms with Crippen molar-refractivity contribution in [1.29, 1.82) is 0 Å². The Bertz CT molecular complexity index is 406. The van der Waals surface area contributed by atoms with E-state index in [0.29, 0.717) is 25.8 Å². The molecule has 0 aromatic heterocycles. The molecule has 0 atom stereocenters. The third-order valence-electron chi connectivity index (χ3n) is 2.78. The van der Waals surface area contributed by atoms with Crippen molar-refractivity contribution in [2.75, 3.05) is 18.1 Å². The first-order chi connectivity index (χ1) is 7.72. The molecule has 86 valence electrons. The van der Waals surface area contributed by atoms with Crippen LogP contribution in [0.15, 0.2) is 18.2 Å². The lowest BCUT2D eigenvalue weighted by Crippen LogP contribution is -2.36. The van der Waals surface area contributed by atoms with Gasteiger partial charge in [0.2, 0.25) is 5.91 Å². The van der Waals surface area contributed by atoms with E-state index in [0.717, 1.165) is 11.3 Å². The number of hydrogen-bond acceptors (Lipinski definition) is 2. The number of amides is 1. The average molecular weight is 223 g/mol. The number of anilines is 1. The van der Waals surface area contributed by atoms with Crippen molar-refractivity contribution < 1.29 is 14.3 Å². The quantitative estimate of drug-likeness (QED) is 0.843. The molecule has 1 amide bonds.